The van der Waals surface area contributed by atoms with Crippen LogP contribution in [0.4, 0.5) is 24.7 Å². The second kappa shape index (κ2) is 12.6. The molecule has 4 aromatic rings. The Morgan fingerprint density at radius 3 is 2.50 bits per heavy atom. The van der Waals surface area contributed by atoms with E-state index >= 15 is 0 Å². The van der Waals surface area contributed by atoms with Gasteiger partial charge in [-0.2, -0.15) is 18.3 Å². The molecule has 44 heavy (non-hydrogen) atoms. The van der Waals surface area contributed by atoms with E-state index in [0.717, 1.165) is 58.6 Å². The van der Waals surface area contributed by atoms with Gasteiger partial charge in [0.05, 0.1) is 11.1 Å². The van der Waals surface area contributed by atoms with Crippen LogP contribution in [0.15, 0.2) is 60.7 Å². The molecule has 0 radical (unpaired) electrons. The summed E-state index contributed by atoms with van der Waals surface area (Å²) >= 11 is 0. The van der Waals surface area contributed by atoms with Crippen LogP contribution < -0.4 is 10.6 Å². The average Bonchev–Trinajstić information content (AvgIpc) is 3.75. The summed E-state index contributed by atoms with van der Waals surface area (Å²) in [5.41, 5.74) is 3.27. The van der Waals surface area contributed by atoms with E-state index in [0.29, 0.717) is 24.4 Å². The van der Waals surface area contributed by atoms with Crippen molar-refractivity contribution in [1.29, 1.82) is 0 Å². The molecule has 11 heteroatoms. The fourth-order valence-corrected chi connectivity index (χ4v) is 5.57. The van der Waals surface area contributed by atoms with Gasteiger partial charge in [0, 0.05) is 37.2 Å². The van der Waals surface area contributed by atoms with E-state index in [1.165, 1.54) is 12.1 Å². The van der Waals surface area contributed by atoms with Crippen molar-refractivity contribution in [3.63, 3.8) is 0 Å². The van der Waals surface area contributed by atoms with Crippen molar-refractivity contribution in [1.82, 2.24) is 9.78 Å². The van der Waals surface area contributed by atoms with Crippen molar-refractivity contribution >= 4 is 42.3 Å². The molecule has 7 nitrogen and oxygen atoms in total. The number of hydrogen-bond donors (Lipinski definition) is 2. The molecule has 232 valence electrons. The van der Waals surface area contributed by atoms with Crippen molar-refractivity contribution in [2.45, 2.75) is 64.8 Å². The third-order valence-corrected chi connectivity index (χ3v) is 9.37. The fraction of sp³-hybridized carbons (Fsp3) is 0.364. The number of aryl methyl sites for hydroxylation is 1. The summed E-state index contributed by atoms with van der Waals surface area (Å²) in [4.78, 5) is 25.5. The van der Waals surface area contributed by atoms with E-state index in [1.807, 2.05) is 31.2 Å². The Labute approximate surface area is 255 Å². The number of halogens is 3. The van der Waals surface area contributed by atoms with Crippen LogP contribution in [0.2, 0.25) is 25.7 Å². The lowest BCUT2D eigenvalue weighted by Gasteiger charge is -2.15. The number of nitrogens with zero attached hydrogens (tertiary/aromatic N) is 2. The van der Waals surface area contributed by atoms with Crippen LogP contribution in [0.5, 0.6) is 0 Å². The number of amides is 2. The highest BCUT2D eigenvalue weighted by Gasteiger charge is 2.31. The molecule has 2 N–H and O–H groups in total. The molecule has 0 saturated heterocycles. The number of carbonyl (C=O) groups is 2. The molecular formula is C33H37F3N4O3Si. The third-order valence-electron chi connectivity index (χ3n) is 7.67. The lowest BCUT2D eigenvalue weighted by Crippen LogP contribution is -2.22. The number of anilines is 2. The minimum absolute atomic E-state index is 0.0175. The second-order valence-electron chi connectivity index (χ2n) is 12.7. The van der Waals surface area contributed by atoms with Crippen LogP contribution in [0.25, 0.3) is 10.9 Å². The molecule has 0 aliphatic heterocycles. The van der Waals surface area contributed by atoms with Crippen molar-refractivity contribution in [2.24, 2.45) is 5.92 Å². The smallest absolute Gasteiger partial charge is 0.360 e. The Kier molecular flexibility index (Phi) is 8.99. The van der Waals surface area contributed by atoms with Gasteiger partial charge in [-0.05, 0) is 91.4 Å². The number of alkyl halides is 3. The topological polar surface area (TPSA) is 85.3 Å². The zero-order valence-electron chi connectivity index (χ0n) is 25.3. The minimum Gasteiger partial charge on any atom is -0.360 e. The lowest BCUT2D eigenvalue weighted by molar-refractivity contribution is -0.137. The number of benzene rings is 3. The molecule has 1 heterocycles. The van der Waals surface area contributed by atoms with Gasteiger partial charge in [0.25, 0.3) is 5.91 Å². The first-order valence-corrected chi connectivity index (χ1v) is 18.4. The summed E-state index contributed by atoms with van der Waals surface area (Å²) in [6.45, 7) is 9.73. The van der Waals surface area contributed by atoms with Crippen LogP contribution in [0, 0.1) is 12.8 Å². The maximum Gasteiger partial charge on any atom is 0.416 e. The van der Waals surface area contributed by atoms with Crippen molar-refractivity contribution < 1.29 is 27.5 Å². The van der Waals surface area contributed by atoms with Crippen LogP contribution in [-0.4, -0.2) is 36.3 Å². The van der Waals surface area contributed by atoms with E-state index in [1.54, 1.807) is 16.8 Å². The minimum atomic E-state index is -4.50. The van der Waals surface area contributed by atoms with Gasteiger partial charge < -0.3 is 15.4 Å². The first-order valence-electron chi connectivity index (χ1n) is 14.7. The Bertz CT molecular complexity index is 1690. The maximum absolute atomic E-state index is 13.1. The highest BCUT2D eigenvalue weighted by atomic mass is 28.3. The van der Waals surface area contributed by atoms with Gasteiger partial charge in [0.2, 0.25) is 5.91 Å². The number of fused-ring (bicyclic) bond motifs is 1. The van der Waals surface area contributed by atoms with Crippen LogP contribution in [0.1, 0.15) is 45.5 Å². The number of ether oxygens (including phenoxy) is 1. The van der Waals surface area contributed by atoms with Crippen LogP contribution >= 0.6 is 0 Å². The summed E-state index contributed by atoms with van der Waals surface area (Å²) in [7, 11) is -1.26. The molecule has 3 aromatic carbocycles. The SMILES string of the molecule is Cc1ccc(C(=O)Nc2cccc(C(F)(F)F)c2)cc1Cc1ccc2c(NC(=O)C3CC3)nn(COCC[Si](C)(C)C)c2c1. The predicted molar refractivity (Wildman–Crippen MR) is 169 cm³/mol. The predicted octanol–water partition coefficient (Wildman–Crippen LogP) is 7.87. The van der Waals surface area contributed by atoms with Gasteiger partial charge >= 0.3 is 6.18 Å². The van der Waals surface area contributed by atoms with E-state index < -0.39 is 25.7 Å². The number of carbonyl (C=O) groups excluding carboxylic acids is 2. The molecule has 1 fully saturated rings. The fourth-order valence-electron chi connectivity index (χ4n) is 4.81. The van der Waals surface area contributed by atoms with Gasteiger partial charge in [-0.15, -0.1) is 0 Å². The van der Waals surface area contributed by atoms with E-state index in [-0.39, 0.29) is 24.2 Å². The summed E-state index contributed by atoms with van der Waals surface area (Å²) in [6, 6.07) is 16.8. The average molecular weight is 623 g/mol. The zero-order valence-corrected chi connectivity index (χ0v) is 26.3. The summed E-state index contributed by atoms with van der Waals surface area (Å²) in [5, 5.41) is 11.1. The molecule has 2 amide bonds. The number of rotatable bonds is 11. The molecule has 0 unspecified atom stereocenters. The summed E-state index contributed by atoms with van der Waals surface area (Å²) in [6.07, 6.45) is -2.20. The van der Waals surface area contributed by atoms with E-state index in [2.05, 4.69) is 35.4 Å². The number of aromatic nitrogens is 2. The van der Waals surface area contributed by atoms with Crippen molar-refractivity contribution in [3.05, 3.63) is 88.5 Å². The molecule has 0 spiro atoms. The molecule has 1 aromatic heterocycles. The normalized spacial score (nSPS) is 13.7. The quantitative estimate of drug-likeness (QED) is 0.132. The van der Waals surface area contributed by atoms with Crippen LogP contribution in [0.3, 0.4) is 0 Å². The van der Waals surface area contributed by atoms with Gasteiger partial charge in [0.1, 0.15) is 6.73 Å². The highest BCUT2D eigenvalue weighted by molar-refractivity contribution is 6.76. The van der Waals surface area contributed by atoms with Gasteiger partial charge in [-0.1, -0.05) is 37.8 Å². The first-order chi connectivity index (χ1) is 20.8. The summed E-state index contributed by atoms with van der Waals surface area (Å²) in [5.74, 6) is 0.0481. The van der Waals surface area contributed by atoms with E-state index in [9.17, 15) is 22.8 Å². The third kappa shape index (κ3) is 7.95. The largest absolute Gasteiger partial charge is 0.416 e. The highest BCUT2D eigenvalue weighted by Crippen LogP contribution is 2.33. The van der Waals surface area contributed by atoms with Crippen molar-refractivity contribution in [2.75, 3.05) is 17.2 Å². The molecule has 5 rings (SSSR count). The van der Waals surface area contributed by atoms with E-state index in [4.69, 9.17) is 4.74 Å². The van der Waals surface area contributed by atoms with Gasteiger partial charge in [0.15, 0.2) is 5.82 Å². The Morgan fingerprint density at radius 2 is 1.80 bits per heavy atom. The van der Waals surface area contributed by atoms with Crippen LogP contribution in [-0.2, 0) is 28.9 Å². The Balaban J connectivity index is 1.37. The maximum atomic E-state index is 13.1. The monoisotopic (exact) mass is 622 g/mol. The Morgan fingerprint density at radius 1 is 1.02 bits per heavy atom. The van der Waals surface area contributed by atoms with Crippen molar-refractivity contribution in [3.8, 4) is 0 Å². The number of hydrogen-bond acceptors (Lipinski definition) is 4. The summed E-state index contributed by atoms with van der Waals surface area (Å²) < 4.78 is 47.1. The zero-order chi connectivity index (χ0) is 31.6. The molecule has 1 aliphatic rings. The van der Waals surface area contributed by atoms with Gasteiger partial charge in [-0.3, -0.25) is 9.59 Å². The lowest BCUT2D eigenvalue weighted by atomic mass is 9.97. The molecule has 1 aliphatic carbocycles. The second-order valence-corrected chi connectivity index (χ2v) is 18.3. The standard InChI is InChI=1S/C33H37F3N4O3Si/c1-21-8-10-24(32(42)37-27-7-5-6-26(19-27)33(34,35)36)18-25(21)16-22-9-13-28-29(17-22)40(20-43-14-15-44(2,3)4)39-30(28)38-31(41)23-11-12-23/h5-10,13,17-19,23H,11-12,14-16,20H2,1-4H3,(H,37,42)(H,38,39,41). The Hall–Kier alpha value is -3.96. The number of nitrogens with one attached hydrogen (secondary N) is 2. The molecule has 0 atom stereocenters. The first kappa shape index (κ1) is 31.5. The molecule has 0 bridgehead atoms. The molecule has 1 saturated carbocycles. The van der Waals surface area contributed by atoms with Gasteiger partial charge in [-0.25, -0.2) is 4.68 Å². The molecular weight excluding hydrogens is 585 g/mol.